The number of hydrogen-bond donors (Lipinski definition) is 0. The molecular formula is C24H32N2O2. The Morgan fingerprint density at radius 1 is 0.929 bits per heavy atom. The number of hydrogen-bond acceptors (Lipinski definition) is 3. The lowest BCUT2D eigenvalue weighted by Crippen LogP contribution is -2.48. The van der Waals surface area contributed by atoms with E-state index in [-0.39, 0.29) is 11.3 Å². The molecule has 0 N–H and O–H groups in total. The van der Waals surface area contributed by atoms with Crippen LogP contribution in [0.5, 0.6) is 5.75 Å². The molecule has 0 radical (unpaired) electrons. The van der Waals surface area contributed by atoms with Crippen LogP contribution < -0.4 is 9.64 Å². The third-order valence-electron chi connectivity index (χ3n) is 5.28. The second-order valence-corrected chi connectivity index (χ2v) is 8.43. The van der Waals surface area contributed by atoms with E-state index in [9.17, 15) is 4.79 Å². The van der Waals surface area contributed by atoms with Gasteiger partial charge in [-0.15, -0.1) is 0 Å². The van der Waals surface area contributed by atoms with Gasteiger partial charge in [0.15, 0.2) is 0 Å². The van der Waals surface area contributed by atoms with Gasteiger partial charge in [-0.1, -0.05) is 51.1 Å². The van der Waals surface area contributed by atoms with Crippen molar-refractivity contribution in [3.05, 3.63) is 60.2 Å². The van der Waals surface area contributed by atoms with Gasteiger partial charge in [-0.2, -0.15) is 0 Å². The number of benzene rings is 2. The van der Waals surface area contributed by atoms with Crippen LogP contribution in [-0.2, 0) is 10.2 Å². The minimum Gasteiger partial charge on any atom is -0.494 e. The molecule has 0 atom stereocenters. The van der Waals surface area contributed by atoms with E-state index in [0.29, 0.717) is 13.0 Å². The lowest BCUT2D eigenvalue weighted by molar-refractivity contribution is -0.131. The van der Waals surface area contributed by atoms with Crippen LogP contribution in [0.1, 0.15) is 39.2 Å². The van der Waals surface area contributed by atoms with Crippen LogP contribution in [0.3, 0.4) is 0 Å². The number of para-hydroxylation sites is 1. The van der Waals surface area contributed by atoms with E-state index in [4.69, 9.17) is 4.74 Å². The molecule has 0 unspecified atom stereocenters. The minimum atomic E-state index is 0.148. The zero-order chi connectivity index (χ0) is 20.0. The summed E-state index contributed by atoms with van der Waals surface area (Å²) in [7, 11) is 0. The van der Waals surface area contributed by atoms with Crippen molar-refractivity contribution in [2.75, 3.05) is 37.7 Å². The SMILES string of the molecule is CC(C)(C)c1ccc(OCCCC(=O)N2CCN(c3ccccc3)CC2)cc1. The molecule has 0 aliphatic carbocycles. The predicted octanol–water partition coefficient (Wildman–Crippen LogP) is 4.49. The monoisotopic (exact) mass is 380 g/mol. The Labute approximate surface area is 169 Å². The summed E-state index contributed by atoms with van der Waals surface area (Å²) < 4.78 is 5.81. The second-order valence-electron chi connectivity index (χ2n) is 8.43. The van der Waals surface area contributed by atoms with Gasteiger partial charge < -0.3 is 14.5 Å². The van der Waals surface area contributed by atoms with Gasteiger partial charge in [-0.05, 0) is 41.7 Å². The number of ether oxygens (including phenoxy) is 1. The molecule has 4 nitrogen and oxygen atoms in total. The standard InChI is InChI=1S/C24H32N2O2/c1-24(2,3)20-11-13-22(14-12-20)28-19-7-10-23(27)26-17-15-25(16-18-26)21-8-5-4-6-9-21/h4-6,8-9,11-14H,7,10,15-19H2,1-3H3. The van der Waals surface area contributed by atoms with Crippen LogP contribution in [-0.4, -0.2) is 43.6 Å². The van der Waals surface area contributed by atoms with E-state index < -0.39 is 0 Å². The number of carbonyl (C=O) groups excluding carboxylic acids is 1. The molecule has 150 valence electrons. The highest BCUT2D eigenvalue weighted by Gasteiger charge is 2.20. The van der Waals surface area contributed by atoms with Gasteiger partial charge in [0.1, 0.15) is 5.75 Å². The molecule has 3 rings (SSSR count). The Balaban J connectivity index is 1.36. The highest BCUT2D eigenvalue weighted by atomic mass is 16.5. The Morgan fingerprint density at radius 2 is 1.57 bits per heavy atom. The summed E-state index contributed by atoms with van der Waals surface area (Å²) in [6, 6.07) is 18.7. The Hall–Kier alpha value is -2.49. The van der Waals surface area contributed by atoms with Crippen LogP contribution in [0.4, 0.5) is 5.69 Å². The summed E-state index contributed by atoms with van der Waals surface area (Å²) in [5.74, 6) is 1.11. The first-order valence-electron chi connectivity index (χ1n) is 10.2. The zero-order valence-electron chi connectivity index (χ0n) is 17.4. The first-order chi connectivity index (χ1) is 13.4. The lowest BCUT2D eigenvalue weighted by Gasteiger charge is -2.36. The van der Waals surface area contributed by atoms with Crippen molar-refractivity contribution in [2.45, 2.75) is 39.0 Å². The van der Waals surface area contributed by atoms with Crippen LogP contribution in [0.15, 0.2) is 54.6 Å². The zero-order valence-corrected chi connectivity index (χ0v) is 17.4. The van der Waals surface area contributed by atoms with Gasteiger partial charge in [-0.3, -0.25) is 4.79 Å². The number of rotatable bonds is 6. The molecule has 0 saturated carbocycles. The van der Waals surface area contributed by atoms with Gasteiger partial charge >= 0.3 is 0 Å². The highest BCUT2D eigenvalue weighted by Crippen LogP contribution is 2.24. The minimum absolute atomic E-state index is 0.148. The molecule has 1 aliphatic rings. The Morgan fingerprint density at radius 3 is 2.18 bits per heavy atom. The van der Waals surface area contributed by atoms with E-state index >= 15 is 0 Å². The summed E-state index contributed by atoms with van der Waals surface area (Å²) in [6.45, 7) is 10.6. The van der Waals surface area contributed by atoms with Crippen molar-refractivity contribution in [3.8, 4) is 5.75 Å². The fourth-order valence-corrected chi connectivity index (χ4v) is 3.48. The topological polar surface area (TPSA) is 32.8 Å². The number of amides is 1. The number of anilines is 1. The van der Waals surface area contributed by atoms with E-state index in [2.05, 4.69) is 62.1 Å². The molecule has 4 heteroatoms. The first-order valence-corrected chi connectivity index (χ1v) is 10.2. The molecule has 1 amide bonds. The summed E-state index contributed by atoms with van der Waals surface area (Å²) in [6.07, 6.45) is 1.30. The molecule has 0 bridgehead atoms. The molecule has 0 spiro atoms. The van der Waals surface area contributed by atoms with Gasteiger partial charge in [0.05, 0.1) is 6.61 Å². The van der Waals surface area contributed by atoms with Crippen molar-refractivity contribution >= 4 is 11.6 Å². The summed E-state index contributed by atoms with van der Waals surface area (Å²) >= 11 is 0. The second kappa shape index (κ2) is 9.13. The van der Waals surface area contributed by atoms with Crippen molar-refractivity contribution in [3.63, 3.8) is 0 Å². The maximum Gasteiger partial charge on any atom is 0.222 e. The summed E-state index contributed by atoms with van der Waals surface area (Å²) in [5.41, 5.74) is 2.68. The fourth-order valence-electron chi connectivity index (χ4n) is 3.48. The summed E-state index contributed by atoms with van der Waals surface area (Å²) in [5, 5.41) is 0. The normalized spacial score (nSPS) is 14.8. The van der Waals surface area contributed by atoms with E-state index in [1.54, 1.807) is 0 Å². The predicted molar refractivity (Wildman–Crippen MR) is 115 cm³/mol. The molecule has 1 fully saturated rings. The van der Waals surface area contributed by atoms with Crippen LogP contribution >= 0.6 is 0 Å². The van der Waals surface area contributed by atoms with Crippen molar-refractivity contribution in [1.29, 1.82) is 0 Å². The van der Waals surface area contributed by atoms with Crippen molar-refractivity contribution in [2.24, 2.45) is 0 Å². The number of piperazine rings is 1. The lowest BCUT2D eigenvalue weighted by atomic mass is 9.87. The fraction of sp³-hybridized carbons (Fsp3) is 0.458. The van der Waals surface area contributed by atoms with Crippen LogP contribution in [0.25, 0.3) is 0 Å². The molecule has 2 aromatic carbocycles. The first kappa shape index (κ1) is 20.2. The molecule has 2 aromatic rings. The molecule has 1 saturated heterocycles. The van der Waals surface area contributed by atoms with E-state index in [0.717, 1.165) is 38.3 Å². The maximum absolute atomic E-state index is 12.5. The largest absolute Gasteiger partial charge is 0.494 e. The maximum atomic E-state index is 12.5. The van der Waals surface area contributed by atoms with E-state index in [1.165, 1.54) is 11.3 Å². The quantitative estimate of drug-likeness (QED) is 0.692. The average Bonchev–Trinajstić information content (AvgIpc) is 2.71. The molecule has 0 aromatic heterocycles. The Bertz CT molecular complexity index is 742. The van der Waals surface area contributed by atoms with Gasteiger partial charge in [0.25, 0.3) is 0 Å². The van der Waals surface area contributed by atoms with Crippen LogP contribution in [0, 0.1) is 0 Å². The Kier molecular flexibility index (Phi) is 6.61. The third kappa shape index (κ3) is 5.51. The third-order valence-corrected chi connectivity index (χ3v) is 5.28. The average molecular weight is 381 g/mol. The van der Waals surface area contributed by atoms with Gasteiger partial charge in [-0.25, -0.2) is 0 Å². The summed E-state index contributed by atoms with van der Waals surface area (Å²) in [4.78, 5) is 16.8. The molecule has 1 heterocycles. The van der Waals surface area contributed by atoms with E-state index in [1.807, 2.05) is 23.1 Å². The van der Waals surface area contributed by atoms with Crippen molar-refractivity contribution < 1.29 is 9.53 Å². The number of nitrogens with zero attached hydrogens (tertiary/aromatic N) is 2. The molecule has 28 heavy (non-hydrogen) atoms. The van der Waals surface area contributed by atoms with Gasteiger partial charge in [0.2, 0.25) is 5.91 Å². The molecule has 1 aliphatic heterocycles. The highest BCUT2D eigenvalue weighted by molar-refractivity contribution is 5.76. The smallest absolute Gasteiger partial charge is 0.222 e. The molecular weight excluding hydrogens is 348 g/mol. The number of carbonyl (C=O) groups is 1. The van der Waals surface area contributed by atoms with Crippen LogP contribution in [0.2, 0.25) is 0 Å². The van der Waals surface area contributed by atoms with Crippen molar-refractivity contribution in [1.82, 2.24) is 4.90 Å². The van der Waals surface area contributed by atoms with Gasteiger partial charge in [0, 0.05) is 38.3 Å².